The number of pyridine rings is 1. The molecule has 3 aromatic rings. The molecule has 0 aliphatic carbocycles. The molecule has 1 N–H and O–H groups in total. The molecule has 2 aromatic carbocycles. The standard InChI is InChI=1S/C24H23ClN4O4/c25-20-6-2-1-5-18(20)15-28-16-19(9-10-23(28)30)26-24(31)17-11-13-27(14-12-17)21-7-3-4-8-22(21)29(32)33/h1-10,16-17H,11-15H2,(H,26,31). The molecule has 8 nitrogen and oxygen atoms in total. The fraction of sp³-hybridized carbons (Fsp3) is 0.250. The molecule has 0 atom stereocenters. The lowest BCUT2D eigenvalue weighted by atomic mass is 9.95. The third-order valence-corrected chi connectivity index (χ3v) is 6.20. The summed E-state index contributed by atoms with van der Waals surface area (Å²) in [5.41, 5.74) is 1.81. The van der Waals surface area contributed by atoms with Crippen LogP contribution in [-0.2, 0) is 11.3 Å². The van der Waals surface area contributed by atoms with Crippen molar-refractivity contribution in [2.75, 3.05) is 23.3 Å². The Labute approximate surface area is 195 Å². The monoisotopic (exact) mass is 466 g/mol. The molecular weight excluding hydrogens is 444 g/mol. The molecule has 170 valence electrons. The third-order valence-electron chi connectivity index (χ3n) is 5.83. The summed E-state index contributed by atoms with van der Waals surface area (Å²) in [7, 11) is 0. The second-order valence-corrected chi connectivity index (χ2v) is 8.38. The van der Waals surface area contributed by atoms with Crippen LogP contribution in [0.15, 0.2) is 71.7 Å². The van der Waals surface area contributed by atoms with Crippen LogP contribution in [0.2, 0.25) is 5.02 Å². The number of nitrogens with one attached hydrogen (secondary N) is 1. The van der Waals surface area contributed by atoms with E-state index in [0.29, 0.717) is 48.9 Å². The van der Waals surface area contributed by atoms with E-state index in [-0.39, 0.29) is 28.0 Å². The number of nitro groups is 1. The Hall–Kier alpha value is -3.65. The van der Waals surface area contributed by atoms with E-state index in [1.54, 1.807) is 36.5 Å². The maximum Gasteiger partial charge on any atom is 0.292 e. The van der Waals surface area contributed by atoms with Gasteiger partial charge in [0.25, 0.3) is 11.2 Å². The predicted octanol–water partition coefficient (Wildman–Crippen LogP) is 4.31. The molecular formula is C24H23ClN4O4. The van der Waals surface area contributed by atoms with Crippen molar-refractivity contribution in [2.24, 2.45) is 5.92 Å². The first-order valence-corrected chi connectivity index (χ1v) is 11.0. The van der Waals surface area contributed by atoms with Gasteiger partial charge in [0.15, 0.2) is 0 Å². The van der Waals surface area contributed by atoms with Crippen molar-refractivity contribution < 1.29 is 9.72 Å². The van der Waals surface area contributed by atoms with Crippen LogP contribution in [0.3, 0.4) is 0 Å². The van der Waals surface area contributed by atoms with Crippen molar-refractivity contribution in [1.82, 2.24) is 4.57 Å². The Morgan fingerprint density at radius 1 is 1.06 bits per heavy atom. The van der Waals surface area contributed by atoms with Gasteiger partial charge >= 0.3 is 0 Å². The minimum Gasteiger partial charge on any atom is -0.366 e. The second kappa shape index (κ2) is 9.87. The lowest BCUT2D eigenvalue weighted by molar-refractivity contribution is -0.384. The SMILES string of the molecule is O=C(Nc1ccc(=O)n(Cc2ccccc2Cl)c1)C1CCN(c2ccccc2[N+](=O)[O-])CC1. The molecule has 0 unspecified atom stereocenters. The molecule has 0 radical (unpaired) electrons. The van der Waals surface area contributed by atoms with Gasteiger partial charge in [-0.15, -0.1) is 0 Å². The van der Waals surface area contributed by atoms with Crippen LogP contribution < -0.4 is 15.8 Å². The number of amides is 1. The molecule has 2 heterocycles. The number of nitro benzene ring substituents is 1. The van der Waals surface area contributed by atoms with E-state index in [1.807, 2.05) is 23.1 Å². The van der Waals surface area contributed by atoms with Gasteiger partial charge in [-0.05, 0) is 36.6 Å². The number of carbonyl (C=O) groups excluding carboxylic acids is 1. The number of benzene rings is 2. The maximum atomic E-state index is 12.8. The van der Waals surface area contributed by atoms with Gasteiger partial charge in [0.05, 0.1) is 17.2 Å². The van der Waals surface area contributed by atoms with E-state index in [9.17, 15) is 19.7 Å². The number of anilines is 2. The van der Waals surface area contributed by atoms with Gasteiger partial charge in [0.1, 0.15) is 5.69 Å². The normalized spacial score (nSPS) is 14.2. The van der Waals surface area contributed by atoms with Crippen LogP contribution in [0, 0.1) is 16.0 Å². The molecule has 4 rings (SSSR count). The van der Waals surface area contributed by atoms with Crippen LogP contribution in [-0.4, -0.2) is 28.5 Å². The quantitative estimate of drug-likeness (QED) is 0.431. The van der Waals surface area contributed by atoms with Gasteiger partial charge in [-0.1, -0.05) is 41.9 Å². The highest BCUT2D eigenvalue weighted by atomic mass is 35.5. The van der Waals surface area contributed by atoms with Crippen LogP contribution in [0.25, 0.3) is 0 Å². The zero-order valence-electron chi connectivity index (χ0n) is 17.8. The van der Waals surface area contributed by atoms with Crippen molar-refractivity contribution in [3.63, 3.8) is 0 Å². The molecule has 0 spiro atoms. The molecule has 1 fully saturated rings. The van der Waals surface area contributed by atoms with Crippen molar-refractivity contribution in [2.45, 2.75) is 19.4 Å². The Balaban J connectivity index is 1.40. The van der Waals surface area contributed by atoms with E-state index >= 15 is 0 Å². The first-order valence-electron chi connectivity index (χ1n) is 10.7. The summed E-state index contributed by atoms with van der Waals surface area (Å²) in [5, 5.41) is 14.8. The van der Waals surface area contributed by atoms with Gasteiger partial charge < -0.3 is 14.8 Å². The van der Waals surface area contributed by atoms with Crippen LogP contribution in [0.5, 0.6) is 0 Å². The van der Waals surface area contributed by atoms with Gasteiger partial charge in [-0.3, -0.25) is 19.7 Å². The summed E-state index contributed by atoms with van der Waals surface area (Å²) in [5.74, 6) is -0.340. The first-order chi connectivity index (χ1) is 15.9. The Kier molecular flexibility index (Phi) is 6.74. The fourth-order valence-electron chi connectivity index (χ4n) is 4.05. The van der Waals surface area contributed by atoms with E-state index in [2.05, 4.69) is 5.32 Å². The average molecular weight is 467 g/mol. The Bertz CT molecular complexity index is 1230. The number of rotatable bonds is 6. The van der Waals surface area contributed by atoms with Gasteiger partial charge in [-0.25, -0.2) is 0 Å². The summed E-state index contributed by atoms with van der Waals surface area (Å²) in [6.07, 6.45) is 2.78. The maximum absolute atomic E-state index is 12.8. The van der Waals surface area contributed by atoms with Gasteiger partial charge in [-0.2, -0.15) is 0 Å². The molecule has 1 saturated heterocycles. The van der Waals surface area contributed by atoms with E-state index < -0.39 is 0 Å². The van der Waals surface area contributed by atoms with Gasteiger partial charge in [0.2, 0.25) is 5.91 Å². The zero-order valence-corrected chi connectivity index (χ0v) is 18.6. The minimum absolute atomic E-state index is 0.0705. The number of hydrogen-bond acceptors (Lipinski definition) is 5. The Morgan fingerprint density at radius 3 is 2.48 bits per heavy atom. The summed E-state index contributed by atoms with van der Waals surface area (Å²) < 4.78 is 1.51. The Morgan fingerprint density at radius 2 is 1.76 bits per heavy atom. The third kappa shape index (κ3) is 5.23. The summed E-state index contributed by atoms with van der Waals surface area (Å²) in [4.78, 5) is 38.0. The lowest BCUT2D eigenvalue weighted by Crippen LogP contribution is -2.38. The lowest BCUT2D eigenvalue weighted by Gasteiger charge is -2.32. The summed E-state index contributed by atoms with van der Waals surface area (Å²) in [6.45, 7) is 1.40. The minimum atomic E-state index is -0.383. The summed E-state index contributed by atoms with van der Waals surface area (Å²) in [6, 6.07) is 17.0. The molecule has 1 aromatic heterocycles. The highest BCUT2D eigenvalue weighted by Crippen LogP contribution is 2.31. The second-order valence-electron chi connectivity index (χ2n) is 7.97. The first kappa shape index (κ1) is 22.5. The molecule has 0 saturated carbocycles. The number of hydrogen-bond donors (Lipinski definition) is 1. The van der Waals surface area contributed by atoms with Crippen LogP contribution in [0.4, 0.5) is 17.1 Å². The molecule has 1 amide bonds. The fourth-order valence-corrected chi connectivity index (χ4v) is 4.25. The number of nitrogens with zero attached hydrogens (tertiary/aromatic N) is 3. The molecule has 1 aliphatic rings. The van der Waals surface area contributed by atoms with E-state index in [4.69, 9.17) is 11.6 Å². The van der Waals surface area contributed by atoms with Crippen LogP contribution >= 0.6 is 11.6 Å². The smallest absolute Gasteiger partial charge is 0.292 e. The number of para-hydroxylation sites is 2. The van der Waals surface area contributed by atoms with Crippen molar-refractivity contribution in [3.05, 3.63) is 97.9 Å². The summed E-state index contributed by atoms with van der Waals surface area (Å²) >= 11 is 6.21. The molecule has 1 aliphatic heterocycles. The topological polar surface area (TPSA) is 97.5 Å². The van der Waals surface area contributed by atoms with Crippen LogP contribution in [0.1, 0.15) is 18.4 Å². The number of halogens is 1. The number of aromatic nitrogens is 1. The zero-order chi connectivity index (χ0) is 23.4. The predicted molar refractivity (Wildman–Crippen MR) is 128 cm³/mol. The van der Waals surface area contributed by atoms with E-state index in [1.165, 1.54) is 16.7 Å². The highest BCUT2D eigenvalue weighted by molar-refractivity contribution is 6.31. The number of carbonyl (C=O) groups is 1. The van der Waals surface area contributed by atoms with Crippen molar-refractivity contribution >= 4 is 34.6 Å². The molecule has 9 heteroatoms. The van der Waals surface area contributed by atoms with Crippen molar-refractivity contribution in [1.29, 1.82) is 0 Å². The average Bonchev–Trinajstić information content (AvgIpc) is 2.82. The number of piperidine rings is 1. The van der Waals surface area contributed by atoms with Crippen molar-refractivity contribution in [3.8, 4) is 0 Å². The highest BCUT2D eigenvalue weighted by Gasteiger charge is 2.28. The largest absolute Gasteiger partial charge is 0.366 e. The van der Waals surface area contributed by atoms with Gasteiger partial charge in [0, 0.05) is 42.4 Å². The van der Waals surface area contributed by atoms with E-state index in [0.717, 1.165) is 5.56 Å². The molecule has 0 bridgehead atoms. The molecule has 33 heavy (non-hydrogen) atoms.